The Morgan fingerprint density at radius 1 is 0.974 bits per heavy atom. The SMILES string of the molecule is CCN(Cc1ccc(OCCN(C)CCOC)c(F)c1)c1cc(OC)ccc1[C@@H]1CCc2cc(O)ccc2C1. The fourth-order valence-electron chi connectivity index (χ4n) is 5.29. The predicted molar refractivity (Wildman–Crippen MR) is 154 cm³/mol. The van der Waals surface area contributed by atoms with Crippen LogP contribution in [0.4, 0.5) is 10.1 Å². The van der Waals surface area contributed by atoms with Gasteiger partial charge in [0.15, 0.2) is 11.6 Å². The van der Waals surface area contributed by atoms with Crippen LogP contribution in [0.15, 0.2) is 54.6 Å². The Labute approximate surface area is 231 Å². The van der Waals surface area contributed by atoms with E-state index < -0.39 is 0 Å². The maximum absolute atomic E-state index is 15.0. The zero-order valence-corrected chi connectivity index (χ0v) is 23.6. The van der Waals surface area contributed by atoms with Crippen LogP contribution in [-0.2, 0) is 24.1 Å². The van der Waals surface area contributed by atoms with E-state index in [1.807, 2.05) is 31.3 Å². The van der Waals surface area contributed by atoms with Crippen LogP contribution < -0.4 is 14.4 Å². The smallest absolute Gasteiger partial charge is 0.165 e. The van der Waals surface area contributed by atoms with E-state index in [9.17, 15) is 9.50 Å². The van der Waals surface area contributed by atoms with Crippen LogP contribution in [0.25, 0.3) is 0 Å². The maximum Gasteiger partial charge on any atom is 0.165 e. The molecule has 0 unspecified atom stereocenters. The van der Waals surface area contributed by atoms with Crippen LogP contribution in [0, 0.1) is 5.82 Å². The highest BCUT2D eigenvalue weighted by Gasteiger charge is 2.25. The number of aryl methyl sites for hydroxylation is 1. The number of halogens is 1. The number of benzene rings is 3. The molecule has 1 aliphatic rings. The van der Waals surface area contributed by atoms with Crippen LogP contribution >= 0.6 is 0 Å². The van der Waals surface area contributed by atoms with Crippen molar-refractivity contribution >= 4 is 5.69 Å². The van der Waals surface area contributed by atoms with Gasteiger partial charge in [-0.05, 0) is 91.7 Å². The molecule has 1 N–H and O–H groups in total. The Morgan fingerprint density at radius 3 is 2.54 bits per heavy atom. The first-order valence-electron chi connectivity index (χ1n) is 13.7. The van der Waals surface area contributed by atoms with E-state index >= 15 is 0 Å². The van der Waals surface area contributed by atoms with Crippen molar-refractivity contribution in [3.8, 4) is 17.2 Å². The highest BCUT2D eigenvalue weighted by atomic mass is 19.1. The summed E-state index contributed by atoms with van der Waals surface area (Å²) in [4.78, 5) is 4.37. The largest absolute Gasteiger partial charge is 0.508 e. The number of hydrogen-bond acceptors (Lipinski definition) is 6. The zero-order chi connectivity index (χ0) is 27.8. The van der Waals surface area contributed by atoms with E-state index in [1.54, 1.807) is 32.4 Å². The van der Waals surface area contributed by atoms with E-state index in [0.29, 0.717) is 38.0 Å². The van der Waals surface area contributed by atoms with Crippen LogP contribution in [0.1, 0.15) is 41.5 Å². The van der Waals surface area contributed by atoms with E-state index in [2.05, 4.69) is 28.9 Å². The van der Waals surface area contributed by atoms with E-state index in [4.69, 9.17) is 14.2 Å². The molecule has 1 atom stereocenters. The molecule has 210 valence electrons. The standard InChI is InChI=1S/C32H41FN2O4/c1-5-35(22-23-6-13-32(30(33)18-23)39-17-15-34(2)14-16-37-3)31-21-28(38-4)11-12-29(31)26-8-7-25-20-27(36)10-9-24(25)19-26/h6,9-13,18,20-21,26,36H,5,7-8,14-17,19,22H2,1-4H3/t26-/m1/s1. The van der Waals surface area contributed by atoms with Crippen LogP contribution in [-0.4, -0.2) is 64.1 Å². The first-order valence-corrected chi connectivity index (χ1v) is 13.7. The Bertz CT molecular complexity index is 1230. The molecule has 0 radical (unpaired) electrons. The lowest BCUT2D eigenvalue weighted by molar-refractivity contribution is 0.149. The first kappa shape index (κ1) is 28.7. The highest BCUT2D eigenvalue weighted by molar-refractivity contribution is 5.60. The number of phenolic OH excluding ortho intramolecular Hbond substituents is 1. The monoisotopic (exact) mass is 536 g/mol. The van der Waals surface area contributed by atoms with Gasteiger partial charge in [-0.3, -0.25) is 0 Å². The van der Waals surface area contributed by atoms with E-state index in [1.165, 1.54) is 16.7 Å². The number of likely N-dealkylation sites (N-methyl/N-ethyl adjacent to an activating group) is 1. The molecule has 6 nitrogen and oxygen atoms in total. The van der Waals surface area contributed by atoms with Gasteiger partial charge in [-0.2, -0.15) is 0 Å². The Kier molecular flexibility index (Phi) is 10.1. The molecule has 0 heterocycles. The van der Waals surface area contributed by atoms with E-state index in [0.717, 1.165) is 49.4 Å². The van der Waals surface area contributed by atoms with Gasteiger partial charge >= 0.3 is 0 Å². The molecule has 1 aliphatic carbocycles. The van der Waals surface area contributed by atoms with E-state index in [-0.39, 0.29) is 11.6 Å². The molecular formula is C32H41FN2O4. The van der Waals surface area contributed by atoms with Crippen molar-refractivity contribution in [1.82, 2.24) is 4.90 Å². The fraction of sp³-hybridized carbons (Fsp3) is 0.438. The number of nitrogens with zero attached hydrogens (tertiary/aromatic N) is 2. The number of fused-ring (bicyclic) bond motifs is 1. The van der Waals surface area contributed by atoms with Gasteiger partial charge < -0.3 is 29.1 Å². The first-order chi connectivity index (χ1) is 18.9. The van der Waals surface area contributed by atoms with Gasteiger partial charge in [0.05, 0.1) is 13.7 Å². The fourth-order valence-corrected chi connectivity index (χ4v) is 5.29. The molecule has 3 aromatic rings. The van der Waals surface area contributed by atoms with Gasteiger partial charge in [0.25, 0.3) is 0 Å². The van der Waals surface area contributed by atoms with Crippen LogP contribution in [0.2, 0.25) is 0 Å². The lowest BCUT2D eigenvalue weighted by atomic mass is 9.79. The van der Waals surface area contributed by atoms with Crippen LogP contribution in [0.3, 0.4) is 0 Å². The summed E-state index contributed by atoms with van der Waals surface area (Å²) >= 11 is 0. The number of aromatic hydroxyl groups is 1. The summed E-state index contributed by atoms with van der Waals surface area (Å²) in [6, 6.07) is 17.3. The summed E-state index contributed by atoms with van der Waals surface area (Å²) in [5.41, 5.74) is 5.79. The lowest BCUT2D eigenvalue weighted by Crippen LogP contribution is -2.27. The minimum absolute atomic E-state index is 0.274. The van der Waals surface area contributed by atoms with Gasteiger partial charge in [0.2, 0.25) is 0 Å². The number of methoxy groups -OCH3 is 2. The third-order valence-corrected chi connectivity index (χ3v) is 7.60. The predicted octanol–water partition coefficient (Wildman–Crippen LogP) is 5.80. The minimum atomic E-state index is -0.346. The minimum Gasteiger partial charge on any atom is -0.508 e. The van der Waals surface area contributed by atoms with Crippen molar-refractivity contribution in [3.05, 3.63) is 82.7 Å². The van der Waals surface area contributed by atoms with Crippen molar-refractivity contribution < 1.29 is 23.7 Å². The molecule has 3 aromatic carbocycles. The van der Waals surface area contributed by atoms with Gasteiger partial charge in [-0.25, -0.2) is 4.39 Å². The van der Waals surface area contributed by atoms with Crippen molar-refractivity contribution in [1.29, 1.82) is 0 Å². The maximum atomic E-state index is 15.0. The van der Waals surface area contributed by atoms with Gasteiger partial charge in [-0.1, -0.05) is 18.2 Å². The number of hydrogen-bond donors (Lipinski definition) is 1. The number of anilines is 1. The second-order valence-corrected chi connectivity index (χ2v) is 10.2. The van der Waals surface area contributed by atoms with Crippen molar-refractivity contribution in [3.63, 3.8) is 0 Å². The van der Waals surface area contributed by atoms with Gasteiger partial charge in [0, 0.05) is 45.0 Å². The molecular weight excluding hydrogens is 495 g/mol. The number of rotatable bonds is 13. The summed E-state index contributed by atoms with van der Waals surface area (Å²) in [7, 11) is 5.35. The quantitative estimate of drug-likeness (QED) is 0.298. The summed E-state index contributed by atoms with van der Waals surface area (Å²) in [6.45, 7) is 6.03. The lowest BCUT2D eigenvalue weighted by Gasteiger charge is -2.32. The number of ether oxygens (including phenoxy) is 3. The molecule has 0 saturated carbocycles. The zero-order valence-electron chi connectivity index (χ0n) is 23.6. The summed E-state index contributed by atoms with van der Waals surface area (Å²) in [6.07, 6.45) is 2.86. The van der Waals surface area contributed by atoms with Crippen molar-refractivity contribution in [2.45, 2.75) is 38.6 Å². The average molecular weight is 537 g/mol. The second kappa shape index (κ2) is 13.7. The molecule has 0 amide bonds. The van der Waals surface area contributed by atoms with Gasteiger partial charge in [0.1, 0.15) is 18.1 Å². The molecule has 4 rings (SSSR count). The summed E-state index contributed by atoms with van der Waals surface area (Å²) in [5, 5.41) is 9.89. The highest BCUT2D eigenvalue weighted by Crippen LogP contribution is 2.40. The molecule has 0 spiro atoms. The van der Waals surface area contributed by atoms with Crippen molar-refractivity contribution in [2.75, 3.05) is 59.0 Å². The summed E-state index contributed by atoms with van der Waals surface area (Å²) < 4.78 is 31.4. The third kappa shape index (κ3) is 7.43. The molecule has 0 aromatic heterocycles. The third-order valence-electron chi connectivity index (χ3n) is 7.60. The molecule has 0 bridgehead atoms. The Balaban J connectivity index is 1.49. The molecule has 0 aliphatic heterocycles. The Hall–Kier alpha value is -3.29. The molecule has 0 fully saturated rings. The molecule has 39 heavy (non-hydrogen) atoms. The second-order valence-electron chi connectivity index (χ2n) is 10.2. The molecule has 7 heteroatoms. The molecule has 0 saturated heterocycles. The van der Waals surface area contributed by atoms with Gasteiger partial charge in [-0.15, -0.1) is 0 Å². The normalized spacial score (nSPS) is 14.8. The Morgan fingerprint density at radius 2 is 1.79 bits per heavy atom. The van der Waals surface area contributed by atoms with Crippen molar-refractivity contribution in [2.24, 2.45) is 0 Å². The number of phenols is 1. The summed E-state index contributed by atoms with van der Waals surface area (Å²) in [5.74, 6) is 1.41. The topological polar surface area (TPSA) is 54.4 Å². The van der Waals surface area contributed by atoms with Crippen LogP contribution in [0.5, 0.6) is 17.2 Å². The average Bonchev–Trinajstić information content (AvgIpc) is 2.95.